The van der Waals surface area contributed by atoms with E-state index in [4.69, 9.17) is 9.47 Å². The highest BCUT2D eigenvalue weighted by molar-refractivity contribution is 5.29. The van der Waals surface area contributed by atoms with Gasteiger partial charge in [-0.2, -0.15) is 0 Å². The van der Waals surface area contributed by atoms with E-state index in [1.165, 1.54) is 5.57 Å². The van der Waals surface area contributed by atoms with Gasteiger partial charge in [-0.1, -0.05) is 23.3 Å². The Morgan fingerprint density at radius 1 is 1.08 bits per heavy atom. The molecule has 0 saturated carbocycles. The van der Waals surface area contributed by atoms with Gasteiger partial charge in [0.1, 0.15) is 17.3 Å². The van der Waals surface area contributed by atoms with E-state index >= 15 is 0 Å². The number of hydrogen-bond acceptors (Lipinski definition) is 5. The molecule has 5 nitrogen and oxygen atoms in total. The van der Waals surface area contributed by atoms with Crippen LogP contribution in [0.25, 0.3) is 0 Å². The van der Waals surface area contributed by atoms with Crippen LogP contribution in [0, 0.1) is 0 Å². The lowest BCUT2D eigenvalue weighted by Crippen LogP contribution is -2.39. The topological polar surface area (TPSA) is 82.5 Å². The monoisotopic (exact) mass is 352 g/mol. The van der Waals surface area contributed by atoms with Crippen molar-refractivity contribution in [2.75, 3.05) is 0 Å². The summed E-state index contributed by atoms with van der Waals surface area (Å²) in [5.74, 6) is 0. The molecule has 6 atom stereocenters. The van der Waals surface area contributed by atoms with E-state index in [0.29, 0.717) is 19.3 Å². The van der Waals surface area contributed by atoms with Gasteiger partial charge in [0.05, 0.1) is 11.7 Å². The van der Waals surface area contributed by atoms with Crippen molar-refractivity contribution in [3.63, 3.8) is 0 Å². The van der Waals surface area contributed by atoms with Crippen LogP contribution in [0.3, 0.4) is 0 Å². The Bertz CT molecular complexity index is 581. The van der Waals surface area contributed by atoms with Crippen molar-refractivity contribution < 1.29 is 24.8 Å². The minimum Gasteiger partial charge on any atom is -0.390 e. The van der Waals surface area contributed by atoms with Crippen LogP contribution in [-0.2, 0) is 9.47 Å². The van der Waals surface area contributed by atoms with Crippen LogP contribution in [0.1, 0.15) is 66.2 Å². The standard InChI is InChI=1S/C20H32O5/c1-13-6-5-10-18(3,23)15(21)8-7-14(2)12-16-20(11-9-13)19(4,25-20)17(22)24-16/h6,12,15-17,21-23H,5,7-11H2,1-4H3/b13-6+,14-12+/t15-,16+,17-,18+,19-,20+/m1/s1. The van der Waals surface area contributed by atoms with Crippen molar-refractivity contribution in [1.82, 2.24) is 0 Å². The molecule has 0 radical (unpaired) electrons. The maximum absolute atomic E-state index is 10.5. The van der Waals surface area contributed by atoms with E-state index < -0.39 is 29.2 Å². The lowest BCUT2D eigenvalue weighted by molar-refractivity contribution is -0.154. The summed E-state index contributed by atoms with van der Waals surface area (Å²) in [6.07, 6.45) is 6.31. The van der Waals surface area contributed by atoms with Crippen molar-refractivity contribution in [2.24, 2.45) is 0 Å². The Kier molecular flexibility index (Phi) is 4.93. The molecule has 3 N–H and O–H groups in total. The van der Waals surface area contributed by atoms with Gasteiger partial charge in [0, 0.05) is 0 Å². The lowest BCUT2D eigenvalue weighted by atomic mass is 9.84. The average molecular weight is 352 g/mol. The summed E-state index contributed by atoms with van der Waals surface area (Å²) < 4.78 is 11.8. The highest BCUT2D eigenvalue weighted by Gasteiger charge is 2.79. The molecule has 2 saturated heterocycles. The third-order valence-electron chi connectivity index (χ3n) is 6.40. The van der Waals surface area contributed by atoms with Crippen molar-refractivity contribution in [2.45, 2.75) is 102 Å². The zero-order valence-corrected chi connectivity index (χ0v) is 15.8. The molecule has 25 heavy (non-hydrogen) atoms. The lowest BCUT2D eigenvalue weighted by Gasteiger charge is -2.29. The van der Waals surface area contributed by atoms with Gasteiger partial charge in [-0.25, -0.2) is 0 Å². The Labute approximate surface area is 150 Å². The van der Waals surface area contributed by atoms with Crippen molar-refractivity contribution in [3.8, 4) is 0 Å². The maximum Gasteiger partial charge on any atom is 0.187 e. The molecule has 0 bridgehead atoms. The third kappa shape index (κ3) is 3.33. The second-order valence-electron chi connectivity index (χ2n) is 8.52. The number of aliphatic hydroxyl groups is 3. The van der Waals surface area contributed by atoms with Gasteiger partial charge >= 0.3 is 0 Å². The first-order valence-electron chi connectivity index (χ1n) is 9.38. The Morgan fingerprint density at radius 2 is 1.80 bits per heavy atom. The van der Waals surface area contributed by atoms with Crippen LogP contribution in [0.5, 0.6) is 0 Å². The summed E-state index contributed by atoms with van der Waals surface area (Å²) >= 11 is 0. The van der Waals surface area contributed by atoms with Crippen LogP contribution in [0.2, 0.25) is 0 Å². The minimum absolute atomic E-state index is 0.277. The predicted octanol–water partition coefficient (Wildman–Crippen LogP) is 2.59. The molecule has 3 aliphatic rings. The van der Waals surface area contributed by atoms with E-state index in [1.54, 1.807) is 6.92 Å². The van der Waals surface area contributed by atoms with E-state index in [9.17, 15) is 15.3 Å². The smallest absolute Gasteiger partial charge is 0.187 e. The van der Waals surface area contributed by atoms with Crippen molar-refractivity contribution in [1.29, 1.82) is 0 Å². The summed E-state index contributed by atoms with van der Waals surface area (Å²) in [4.78, 5) is 0. The molecule has 2 aliphatic heterocycles. The molecule has 2 heterocycles. The van der Waals surface area contributed by atoms with Crippen LogP contribution in [0.4, 0.5) is 0 Å². The van der Waals surface area contributed by atoms with Crippen LogP contribution >= 0.6 is 0 Å². The normalized spacial score (nSPS) is 52.8. The second kappa shape index (κ2) is 6.46. The highest BCUT2D eigenvalue weighted by atomic mass is 16.7. The molecule has 0 unspecified atom stereocenters. The molecular weight excluding hydrogens is 320 g/mol. The number of aliphatic hydroxyl groups excluding tert-OH is 2. The summed E-state index contributed by atoms with van der Waals surface area (Å²) in [5.41, 5.74) is 0.137. The van der Waals surface area contributed by atoms with Gasteiger partial charge in [0.15, 0.2) is 6.29 Å². The number of ether oxygens (including phenoxy) is 2. The molecule has 1 spiro atoms. The summed E-state index contributed by atoms with van der Waals surface area (Å²) in [5, 5.41) is 31.1. The molecule has 1 aliphatic carbocycles. The molecule has 0 aromatic heterocycles. The quantitative estimate of drug-likeness (QED) is 0.461. The van der Waals surface area contributed by atoms with E-state index in [0.717, 1.165) is 24.8 Å². The Morgan fingerprint density at radius 3 is 2.48 bits per heavy atom. The van der Waals surface area contributed by atoms with E-state index in [2.05, 4.69) is 13.0 Å². The molecule has 5 heteroatoms. The molecule has 142 valence electrons. The van der Waals surface area contributed by atoms with Gasteiger partial charge < -0.3 is 24.8 Å². The number of hydrogen-bond donors (Lipinski definition) is 3. The number of rotatable bonds is 0. The second-order valence-corrected chi connectivity index (χ2v) is 8.52. The fourth-order valence-electron chi connectivity index (χ4n) is 4.23. The highest BCUT2D eigenvalue weighted by Crippen LogP contribution is 2.62. The molecule has 3 rings (SSSR count). The largest absolute Gasteiger partial charge is 0.390 e. The third-order valence-corrected chi connectivity index (χ3v) is 6.40. The van der Waals surface area contributed by atoms with Gasteiger partial charge in [0.25, 0.3) is 0 Å². The van der Waals surface area contributed by atoms with Crippen molar-refractivity contribution >= 4 is 0 Å². The molecule has 0 aromatic rings. The van der Waals surface area contributed by atoms with Gasteiger partial charge in [0.2, 0.25) is 0 Å². The summed E-state index contributed by atoms with van der Waals surface area (Å²) in [6.45, 7) is 7.71. The predicted molar refractivity (Wildman–Crippen MR) is 94.9 cm³/mol. The minimum atomic E-state index is -1.08. The van der Waals surface area contributed by atoms with E-state index in [1.807, 2.05) is 19.9 Å². The van der Waals surface area contributed by atoms with Crippen LogP contribution in [0.15, 0.2) is 23.3 Å². The van der Waals surface area contributed by atoms with Crippen LogP contribution < -0.4 is 0 Å². The average Bonchev–Trinajstić information content (AvgIpc) is 3.10. The molecule has 0 aromatic carbocycles. The van der Waals surface area contributed by atoms with Gasteiger partial charge in [-0.3, -0.25) is 0 Å². The van der Waals surface area contributed by atoms with Gasteiger partial charge in [-0.05, 0) is 66.2 Å². The molecule has 0 amide bonds. The molecular formula is C20H32O5. The number of allylic oxidation sites excluding steroid dienone is 3. The first-order valence-corrected chi connectivity index (χ1v) is 9.38. The Hall–Kier alpha value is -0.720. The van der Waals surface area contributed by atoms with Gasteiger partial charge in [-0.15, -0.1) is 0 Å². The fraction of sp³-hybridized carbons (Fsp3) is 0.800. The maximum atomic E-state index is 10.5. The molecule has 2 fully saturated rings. The zero-order valence-electron chi connectivity index (χ0n) is 15.8. The fourth-order valence-corrected chi connectivity index (χ4v) is 4.23. The summed E-state index contributed by atoms with van der Waals surface area (Å²) in [7, 11) is 0. The first kappa shape index (κ1) is 19.1. The first-order chi connectivity index (χ1) is 11.6. The zero-order chi connectivity index (χ0) is 18.5. The Balaban J connectivity index is 1.84. The summed E-state index contributed by atoms with van der Waals surface area (Å²) in [6, 6.07) is 0. The van der Waals surface area contributed by atoms with Crippen LogP contribution in [-0.4, -0.2) is 50.6 Å². The SMILES string of the molecule is C/C1=C\[C@@H]2O[C@@H](O)[C@@]3(C)O[C@@]23CC/C(C)=C/CC[C@](C)(O)[C@H](O)CC1. The number of epoxide rings is 1. The van der Waals surface area contributed by atoms with Crippen molar-refractivity contribution in [3.05, 3.63) is 23.3 Å². The van der Waals surface area contributed by atoms with E-state index in [-0.39, 0.29) is 6.10 Å².